The molecule has 0 fully saturated rings. The number of aromatic nitrogens is 2. The molecular formula is C16H21Cl2N5O. The molecule has 0 radical (unpaired) electrons. The molecule has 0 spiro atoms. The average Bonchev–Trinajstić information content (AvgIpc) is 2.86. The van der Waals surface area contributed by atoms with Gasteiger partial charge in [0.15, 0.2) is 5.96 Å². The van der Waals surface area contributed by atoms with Crippen LogP contribution in [0.25, 0.3) is 0 Å². The van der Waals surface area contributed by atoms with Gasteiger partial charge in [-0.15, -0.1) is 0 Å². The van der Waals surface area contributed by atoms with Gasteiger partial charge in [0.1, 0.15) is 6.61 Å². The minimum atomic E-state index is 0.470. The number of guanidine groups is 1. The Labute approximate surface area is 152 Å². The fraction of sp³-hybridized carbons (Fsp3) is 0.375. The summed E-state index contributed by atoms with van der Waals surface area (Å²) in [6.07, 6.45) is 3.44. The van der Waals surface area contributed by atoms with Crippen LogP contribution in [0, 0.1) is 0 Å². The van der Waals surface area contributed by atoms with Crippen molar-refractivity contribution in [2.24, 2.45) is 12.0 Å². The van der Waals surface area contributed by atoms with Gasteiger partial charge in [0.05, 0.1) is 23.1 Å². The number of pyridine rings is 1. The average molecular weight is 370 g/mol. The van der Waals surface area contributed by atoms with Crippen LogP contribution in [0.3, 0.4) is 0 Å². The first-order valence-electron chi connectivity index (χ1n) is 7.46. The van der Waals surface area contributed by atoms with Crippen molar-refractivity contribution in [3.8, 4) is 5.88 Å². The topological polar surface area (TPSA) is 54.7 Å². The van der Waals surface area contributed by atoms with E-state index < -0.39 is 0 Å². The van der Waals surface area contributed by atoms with Crippen LogP contribution in [-0.2, 0) is 13.6 Å². The molecule has 0 aromatic carbocycles. The highest BCUT2D eigenvalue weighted by atomic mass is 35.5. The third-order valence-electron chi connectivity index (χ3n) is 3.38. The first-order valence-corrected chi connectivity index (χ1v) is 8.22. The van der Waals surface area contributed by atoms with Gasteiger partial charge in [-0.3, -0.25) is 4.99 Å². The molecule has 8 heteroatoms. The van der Waals surface area contributed by atoms with Gasteiger partial charge in [-0.05, 0) is 12.1 Å². The van der Waals surface area contributed by atoms with Crippen LogP contribution in [-0.4, -0.2) is 47.7 Å². The monoisotopic (exact) mass is 369 g/mol. The van der Waals surface area contributed by atoms with Crippen LogP contribution in [0.4, 0.5) is 0 Å². The third-order valence-corrected chi connectivity index (χ3v) is 3.81. The molecule has 0 amide bonds. The number of hydrogen-bond donors (Lipinski definition) is 1. The number of rotatable bonds is 6. The Hall–Kier alpha value is -1.92. The van der Waals surface area contributed by atoms with E-state index >= 15 is 0 Å². The van der Waals surface area contributed by atoms with Gasteiger partial charge in [-0.2, -0.15) is 0 Å². The summed E-state index contributed by atoms with van der Waals surface area (Å²) < 4.78 is 7.55. The number of ether oxygens (including phenoxy) is 1. The van der Waals surface area contributed by atoms with Crippen molar-refractivity contribution < 1.29 is 4.74 Å². The van der Waals surface area contributed by atoms with Gasteiger partial charge in [-0.1, -0.05) is 23.2 Å². The van der Waals surface area contributed by atoms with Crippen molar-refractivity contribution >= 4 is 29.2 Å². The number of halogens is 2. The first kappa shape index (κ1) is 18.4. The molecule has 0 aliphatic rings. The molecule has 1 N–H and O–H groups in total. The van der Waals surface area contributed by atoms with Crippen molar-refractivity contribution in [3.63, 3.8) is 0 Å². The Kier molecular flexibility index (Phi) is 6.75. The normalized spacial score (nSPS) is 11.5. The molecule has 0 aliphatic carbocycles. The molecule has 2 aromatic rings. The number of hydrogen-bond acceptors (Lipinski definition) is 3. The van der Waals surface area contributed by atoms with Gasteiger partial charge >= 0.3 is 0 Å². The van der Waals surface area contributed by atoms with E-state index in [2.05, 4.69) is 15.3 Å². The lowest BCUT2D eigenvalue weighted by Gasteiger charge is -2.22. The van der Waals surface area contributed by atoms with E-state index in [-0.39, 0.29) is 0 Å². The molecule has 24 heavy (non-hydrogen) atoms. The van der Waals surface area contributed by atoms with Crippen LogP contribution in [0.15, 0.2) is 35.6 Å². The van der Waals surface area contributed by atoms with Crippen LogP contribution >= 0.6 is 23.2 Å². The molecule has 6 nitrogen and oxygen atoms in total. The first-order chi connectivity index (χ1) is 11.5. The van der Waals surface area contributed by atoms with E-state index in [0.29, 0.717) is 30.6 Å². The summed E-state index contributed by atoms with van der Waals surface area (Å²) >= 11 is 11.8. The second kappa shape index (κ2) is 8.80. The quantitative estimate of drug-likeness (QED) is 0.483. The Morgan fingerprint density at radius 3 is 2.75 bits per heavy atom. The lowest BCUT2D eigenvalue weighted by atomic mass is 10.4. The molecule has 2 rings (SSSR count). The summed E-state index contributed by atoms with van der Waals surface area (Å²) in [7, 11) is 5.69. The number of aryl methyl sites for hydroxylation is 1. The number of nitrogens with zero attached hydrogens (tertiary/aromatic N) is 4. The molecular weight excluding hydrogens is 349 g/mol. The smallest absolute Gasteiger partial charge is 0.213 e. The second-order valence-electron chi connectivity index (χ2n) is 5.25. The summed E-state index contributed by atoms with van der Waals surface area (Å²) in [5.74, 6) is 1.32. The van der Waals surface area contributed by atoms with Crippen molar-refractivity contribution in [1.29, 1.82) is 0 Å². The fourth-order valence-electron chi connectivity index (χ4n) is 2.19. The Balaban J connectivity index is 1.79. The highest BCUT2D eigenvalue weighted by Gasteiger charge is 2.09. The van der Waals surface area contributed by atoms with E-state index in [9.17, 15) is 0 Å². The van der Waals surface area contributed by atoms with Gasteiger partial charge in [0, 0.05) is 45.3 Å². The van der Waals surface area contributed by atoms with Gasteiger partial charge in [0.2, 0.25) is 5.88 Å². The molecule has 0 saturated carbocycles. The lowest BCUT2D eigenvalue weighted by molar-refractivity contribution is 0.307. The molecule has 0 bridgehead atoms. The van der Waals surface area contributed by atoms with Gasteiger partial charge < -0.3 is 19.5 Å². The fourth-order valence-corrected chi connectivity index (χ4v) is 2.58. The Morgan fingerprint density at radius 2 is 2.17 bits per heavy atom. The van der Waals surface area contributed by atoms with Crippen molar-refractivity contribution in [1.82, 2.24) is 19.8 Å². The van der Waals surface area contributed by atoms with Crippen molar-refractivity contribution in [2.75, 3.05) is 27.2 Å². The standard InChI is InChI=1S/C16H21Cl2N5O/c1-19-16(23(3)11-14-8-13(18)10-22(14)2)20-6-7-24-15-5-4-12(17)9-21-15/h4-5,8-10H,6-7,11H2,1-3H3,(H,19,20). The van der Waals surface area contributed by atoms with E-state index in [1.807, 2.05) is 35.8 Å². The minimum absolute atomic E-state index is 0.470. The van der Waals surface area contributed by atoms with Gasteiger partial charge in [-0.25, -0.2) is 4.98 Å². The summed E-state index contributed by atoms with van der Waals surface area (Å²) in [6, 6.07) is 5.43. The Morgan fingerprint density at radius 1 is 1.38 bits per heavy atom. The van der Waals surface area contributed by atoms with Crippen LogP contribution in [0.2, 0.25) is 10.0 Å². The summed E-state index contributed by atoms with van der Waals surface area (Å²) in [4.78, 5) is 10.4. The number of aliphatic imine (C=N–C) groups is 1. The predicted octanol–water partition coefficient (Wildman–Crippen LogP) is 2.81. The molecule has 2 aromatic heterocycles. The molecule has 2 heterocycles. The lowest BCUT2D eigenvalue weighted by Crippen LogP contribution is -2.40. The van der Waals surface area contributed by atoms with Crippen molar-refractivity contribution in [3.05, 3.63) is 46.3 Å². The number of nitrogens with one attached hydrogen (secondary N) is 1. The molecule has 0 atom stereocenters. The highest BCUT2D eigenvalue weighted by molar-refractivity contribution is 6.30. The molecule has 130 valence electrons. The van der Waals surface area contributed by atoms with Crippen LogP contribution in [0.1, 0.15) is 5.69 Å². The highest BCUT2D eigenvalue weighted by Crippen LogP contribution is 2.14. The van der Waals surface area contributed by atoms with E-state index in [1.54, 1.807) is 25.4 Å². The SMILES string of the molecule is CN=C(NCCOc1ccc(Cl)cn1)N(C)Cc1cc(Cl)cn1C. The summed E-state index contributed by atoms with van der Waals surface area (Å²) in [6.45, 7) is 1.77. The van der Waals surface area contributed by atoms with E-state index in [1.165, 1.54) is 0 Å². The van der Waals surface area contributed by atoms with E-state index in [0.717, 1.165) is 16.7 Å². The van der Waals surface area contributed by atoms with Crippen LogP contribution < -0.4 is 10.1 Å². The zero-order valence-electron chi connectivity index (χ0n) is 14.0. The largest absolute Gasteiger partial charge is 0.476 e. The molecule has 0 unspecified atom stereocenters. The van der Waals surface area contributed by atoms with Gasteiger partial charge in [0.25, 0.3) is 0 Å². The third kappa shape index (κ3) is 5.32. The predicted molar refractivity (Wildman–Crippen MR) is 98.0 cm³/mol. The van der Waals surface area contributed by atoms with E-state index in [4.69, 9.17) is 27.9 Å². The Bertz CT molecular complexity index is 684. The zero-order valence-corrected chi connectivity index (χ0v) is 15.5. The molecule has 0 saturated heterocycles. The summed E-state index contributed by atoms with van der Waals surface area (Å²) in [5, 5.41) is 4.57. The van der Waals surface area contributed by atoms with Crippen LogP contribution in [0.5, 0.6) is 5.88 Å². The maximum Gasteiger partial charge on any atom is 0.213 e. The summed E-state index contributed by atoms with van der Waals surface area (Å²) in [5.41, 5.74) is 1.10. The minimum Gasteiger partial charge on any atom is -0.476 e. The van der Waals surface area contributed by atoms with Crippen molar-refractivity contribution in [2.45, 2.75) is 6.54 Å². The maximum atomic E-state index is 6.02. The zero-order chi connectivity index (χ0) is 17.5. The maximum absolute atomic E-state index is 6.02. The second-order valence-corrected chi connectivity index (χ2v) is 6.13. The molecule has 0 aliphatic heterocycles.